The highest BCUT2D eigenvalue weighted by molar-refractivity contribution is 7.17. The lowest BCUT2D eigenvalue weighted by molar-refractivity contribution is 0.373. The van der Waals surface area contributed by atoms with Gasteiger partial charge in [0, 0.05) is 0 Å². The van der Waals surface area contributed by atoms with Crippen LogP contribution in [0.4, 0.5) is 0 Å². The van der Waals surface area contributed by atoms with Crippen LogP contribution in [0.5, 0.6) is 0 Å². The zero-order valence-corrected chi connectivity index (χ0v) is 8.19. The van der Waals surface area contributed by atoms with Gasteiger partial charge in [0.05, 0.1) is 17.0 Å². The standard InChI is InChI=1S/C7H6Cl2OS/c1-4(10-2)6-3-5(8)7(9)11-6/h3H,1H2,2H3. The molecule has 1 nitrogen and oxygen atoms in total. The average molecular weight is 209 g/mol. The molecule has 60 valence electrons. The van der Waals surface area contributed by atoms with Gasteiger partial charge in [0.1, 0.15) is 10.1 Å². The molecule has 0 aliphatic carbocycles. The van der Waals surface area contributed by atoms with Crippen molar-refractivity contribution in [2.75, 3.05) is 7.11 Å². The van der Waals surface area contributed by atoms with Crippen molar-refractivity contribution in [1.82, 2.24) is 0 Å². The summed E-state index contributed by atoms with van der Waals surface area (Å²) in [5.74, 6) is 0.587. The topological polar surface area (TPSA) is 9.23 Å². The molecule has 0 saturated carbocycles. The molecule has 0 radical (unpaired) electrons. The highest BCUT2D eigenvalue weighted by atomic mass is 35.5. The van der Waals surface area contributed by atoms with Crippen molar-refractivity contribution in [3.8, 4) is 0 Å². The van der Waals surface area contributed by atoms with Crippen LogP contribution >= 0.6 is 34.5 Å². The molecule has 0 aromatic carbocycles. The normalized spacial score (nSPS) is 9.73. The molecule has 1 heterocycles. The van der Waals surface area contributed by atoms with Crippen molar-refractivity contribution < 1.29 is 4.74 Å². The van der Waals surface area contributed by atoms with E-state index in [2.05, 4.69) is 6.58 Å². The molecule has 0 atom stereocenters. The zero-order valence-electron chi connectivity index (χ0n) is 5.86. The van der Waals surface area contributed by atoms with E-state index in [4.69, 9.17) is 27.9 Å². The van der Waals surface area contributed by atoms with Gasteiger partial charge in [0.25, 0.3) is 0 Å². The largest absolute Gasteiger partial charge is 0.496 e. The van der Waals surface area contributed by atoms with Gasteiger partial charge < -0.3 is 4.74 Å². The molecule has 1 aromatic rings. The molecule has 0 spiro atoms. The minimum absolute atomic E-state index is 0.546. The first-order valence-electron chi connectivity index (χ1n) is 2.83. The summed E-state index contributed by atoms with van der Waals surface area (Å²) in [5.41, 5.74) is 0. The van der Waals surface area contributed by atoms with E-state index >= 15 is 0 Å². The molecule has 1 aromatic heterocycles. The summed E-state index contributed by atoms with van der Waals surface area (Å²) in [4.78, 5) is 0.863. The van der Waals surface area contributed by atoms with Crippen LogP contribution in [-0.2, 0) is 4.74 Å². The van der Waals surface area contributed by atoms with E-state index in [1.165, 1.54) is 11.3 Å². The van der Waals surface area contributed by atoms with Gasteiger partial charge in [-0.05, 0) is 6.07 Å². The molecule has 1 rings (SSSR count). The van der Waals surface area contributed by atoms with Gasteiger partial charge >= 0.3 is 0 Å². The fourth-order valence-electron chi connectivity index (χ4n) is 0.585. The van der Waals surface area contributed by atoms with Crippen molar-refractivity contribution in [3.05, 3.63) is 26.9 Å². The smallest absolute Gasteiger partial charge is 0.128 e. The van der Waals surface area contributed by atoms with Crippen LogP contribution in [0.25, 0.3) is 5.76 Å². The molecule has 0 aliphatic heterocycles. The summed E-state index contributed by atoms with van der Waals surface area (Å²) in [6, 6.07) is 1.74. The summed E-state index contributed by atoms with van der Waals surface area (Å²) >= 11 is 12.8. The summed E-state index contributed by atoms with van der Waals surface area (Å²) in [6.07, 6.45) is 0. The van der Waals surface area contributed by atoms with Gasteiger partial charge in [-0.25, -0.2) is 0 Å². The summed E-state index contributed by atoms with van der Waals surface area (Å²) in [5, 5.41) is 0.546. The number of halogens is 2. The number of hydrogen-bond acceptors (Lipinski definition) is 2. The van der Waals surface area contributed by atoms with E-state index in [0.29, 0.717) is 15.1 Å². The molecule has 4 heteroatoms. The lowest BCUT2D eigenvalue weighted by Crippen LogP contribution is -1.77. The van der Waals surface area contributed by atoms with E-state index in [-0.39, 0.29) is 0 Å². The second kappa shape index (κ2) is 3.48. The van der Waals surface area contributed by atoms with Gasteiger partial charge in [-0.2, -0.15) is 0 Å². The Morgan fingerprint density at radius 2 is 2.27 bits per heavy atom. The predicted molar refractivity (Wildman–Crippen MR) is 50.4 cm³/mol. The van der Waals surface area contributed by atoms with Crippen molar-refractivity contribution in [2.24, 2.45) is 0 Å². The Hall–Kier alpha value is -0.180. The van der Waals surface area contributed by atoms with Crippen molar-refractivity contribution in [1.29, 1.82) is 0 Å². The maximum atomic E-state index is 5.72. The van der Waals surface area contributed by atoms with Crippen LogP contribution in [-0.4, -0.2) is 7.11 Å². The van der Waals surface area contributed by atoms with Crippen LogP contribution < -0.4 is 0 Å². The molecule has 0 fully saturated rings. The second-order valence-corrected chi connectivity index (χ2v) is 3.92. The maximum Gasteiger partial charge on any atom is 0.128 e. The monoisotopic (exact) mass is 208 g/mol. The number of rotatable bonds is 2. The average Bonchev–Trinajstić information content (AvgIpc) is 2.31. The second-order valence-electron chi connectivity index (χ2n) is 1.86. The first kappa shape index (κ1) is 8.91. The molecule has 0 bridgehead atoms. The Morgan fingerprint density at radius 1 is 1.64 bits per heavy atom. The SMILES string of the molecule is C=C(OC)c1cc(Cl)c(Cl)s1. The van der Waals surface area contributed by atoms with Crippen LogP contribution in [0.3, 0.4) is 0 Å². The minimum Gasteiger partial charge on any atom is -0.496 e. The summed E-state index contributed by atoms with van der Waals surface area (Å²) < 4.78 is 5.47. The molecule has 11 heavy (non-hydrogen) atoms. The fourth-order valence-corrected chi connectivity index (χ4v) is 1.90. The third-order valence-electron chi connectivity index (χ3n) is 1.17. The zero-order chi connectivity index (χ0) is 8.43. The highest BCUT2D eigenvalue weighted by Crippen LogP contribution is 2.34. The third kappa shape index (κ3) is 1.89. The van der Waals surface area contributed by atoms with Crippen LogP contribution in [0.2, 0.25) is 9.36 Å². The Kier molecular flexibility index (Phi) is 2.82. The number of hydrogen-bond donors (Lipinski definition) is 0. The van der Waals surface area contributed by atoms with E-state index in [0.717, 1.165) is 4.88 Å². The number of methoxy groups -OCH3 is 1. The quantitative estimate of drug-likeness (QED) is 0.675. The summed E-state index contributed by atoms with van der Waals surface area (Å²) in [6.45, 7) is 3.67. The van der Waals surface area contributed by atoms with Crippen molar-refractivity contribution in [2.45, 2.75) is 0 Å². The Balaban J connectivity index is 2.97. The Morgan fingerprint density at radius 3 is 2.64 bits per heavy atom. The van der Waals surface area contributed by atoms with E-state index in [1.807, 2.05) is 0 Å². The first-order valence-corrected chi connectivity index (χ1v) is 4.40. The molecule has 0 aliphatic rings. The molecular formula is C7H6Cl2OS. The molecule has 0 amide bonds. The van der Waals surface area contributed by atoms with Gasteiger partial charge in [-0.1, -0.05) is 29.8 Å². The van der Waals surface area contributed by atoms with E-state index in [1.54, 1.807) is 13.2 Å². The molecule has 0 N–H and O–H groups in total. The van der Waals surface area contributed by atoms with E-state index < -0.39 is 0 Å². The molecule has 0 unspecified atom stereocenters. The third-order valence-corrected chi connectivity index (χ3v) is 3.07. The molecular weight excluding hydrogens is 203 g/mol. The van der Waals surface area contributed by atoms with Crippen molar-refractivity contribution in [3.63, 3.8) is 0 Å². The number of thiophene rings is 1. The number of ether oxygens (including phenoxy) is 1. The summed E-state index contributed by atoms with van der Waals surface area (Å²) in [7, 11) is 1.56. The molecule has 0 saturated heterocycles. The van der Waals surface area contributed by atoms with Crippen LogP contribution in [0.1, 0.15) is 4.88 Å². The highest BCUT2D eigenvalue weighted by Gasteiger charge is 2.07. The van der Waals surface area contributed by atoms with Gasteiger partial charge in [0.2, 0.25) is 0 Å². The lowest BCUT2D eigenvalue weighted by Gasteiger charge is -1.97. The minimum atomic E-state index is 0.546. The Bertz CT molecular complexity index is 260. The fraction of sp³-hybridized carbons (Fsp3) is 0.143. The van der Waals surface area contributed by atoms with Gasteiger partial charge in [-0.15, -0.1) is 11.3 Å². The predicted octanol–water partition coefficient (Wildman–Crippen LogP) is 3.67. The van der Waals surface area contributed by atoms with Crippen LogP contribution in [0.15, 0.2) is 12.6 Å². The van der Waals surface area contributed by atoms with Gasteiger partial charge in [0.15, 0.2) is 0 Å². The Labute approximate surface area is 79.2 Å². The van der Waals surface area contributed by atoms with Gasteiger partial charge in [-0.3, -0.25) is 0 Å². The van der Waals surface area contributed by atoms with Crippen molar-refractivity contribution >= 4 is 40.3 Å². The lowest BCUT2D eigenvalue weighted by atomic mass is 10.4. The van der Waals surface area contributed by atoms with Crippen LogP contribution in [0, 0.1) is 0 Å². The first-order chi connectivity index (χ1) is 5.15. The maximum absolute atomic E-state index is 5.72. The van der Waals surface area contributed by atoms with E-state index in [9.17, 15) is 0 Å².